The summed E-state index contributed by atoms with van der Waals surface area (Å²) in [5.74, 6) is 0. The molecule has 0 saturated carbocycles. The fourth-order valence-corrected chi connectivity index (χ4v) is 5.60. The van der Waals surface area contributed by atoms with E-state index >= 15 is 0 Å². The van der Waals surface area contributed by atoms with Crippen LogP contribution in [0.4, 0.5) is 0 Å². The van der Waals surface area contributed by atoms with Gasteiger partial charge in [0, 0.05) is 0 Å². The zero-order chi connectivity index (χ0) is 11.8. The van der Waals surface area contributed by atoms with Gasteiger partial charge in [-0.15, -0.1) is 0 Å². The molecule has 0 heterocycles. The van der Waals surface area contributed by atoms with Crippen LogP contribution in [0.5, 0.6) is 0 Å². The summed E-state index contributed by atoms with van der Waals surface area (Å²) < 4.78 is 0. The summed E-state index contributed by atoms with van der Waals surface area (Å²) in [6.45, 7) is 17.6. The zero-order valence-electron chi connectivity index (χ0n) is 11.1. The molecule has 2 heteroatoms. The Bertz CT molecular complexity index is 164. The molecule has 0 rings (SSSR count). The molecule has 0 atom stereocenters. The Kier molecular flexibility index (Phi) is 4.21. The standard InChI is InChI=1S/C12H27OP/c1-10(2,3)14(11(4,5)6)9-12(7,8)13/h13H,9H2,1-8H3. The summed E-state index contributed by atoms with van der Waals surface area (Å²) >= 11 is 0. The molecule has 0 radical (unpaired) electrons. The van der Waals surface area contributed by atoms with Gasteiger partial charge in [-0.1, -0.05) is 49.5 Å². The van der Waals surface area contributed by atoms with Gasteiger partial charge in [0.15, 0.2) is 0 Å². The normalized spacial score (nSPS) is 15.0. The van der Waals surface area contributed by atoms with E-state index in [2.05, 4.69) is 41.5 Å². The molecule has 0 aromatic carbocycles. The van der Waals surface area contributed by atoms with Crippen LogP contribution in [0.2, 0.25) is 0 Å². The first-order valence-electron chi connectivity index (χ1n) is 5.34. The second-order valence-electron chi connectivity index (χ2n) is 6.74. The van der Waals surface area contributed by atoms with Crippen LogP contribution in [-0.4, -0.2) is 27.2 Å². The lowest BCUT2D eigenvalue weighted by atomic mass is 10.2. The molecule has 14 heavy (non-hydrogen) atoms. The molecule has 0 spiro atoms. The van der Waals surface area contributed by atoms with E-state index in [0.717, 1.165) is 6.16 Å². The van der Waals surface area contributed by atoms with Gasteiger partial charge in [-0.2, -0.15) is 0 Å². The third-order valence-electron chi connectivity index (χ3n) is 2.16. The van der Waals surface area contributed by atoms with Crippen molar-refractivity contribution in [3.8, 4) is 0 Å². The number of hydrogen-bond acceptors (Lipinski definition) is 1. The van der Waals surface area contributed by atoms with Gasteiger partial charge in [-0.25, -0.2) is 0 Å². The predicted molar refractivity (Wildman–Crippen MR) is 67.6 cm³/mol. The van der Waals surface area contributed by atoms with E-state index in [9.17, 15) is 5.11 Å². The molecular weight excluding hydrogens is 191 g/mol. The lowest BCUT2D eigenvalue weighted by Gasteiger charge is -2.44. The lowest BCUT2D eigenvalue weighted by molar-refractivity contribution is 0.105. The highest BCUT2D eigenvalue weighted by molar-refractivity contribution is 7.60. The molecular formula is C12H27OP. The van der Waals surface area contributed by atoms with Crippen molar-refractivity contribution in [2.24, 2.45) is 0 Å². The van der Waals surface area contributed by atoms with Gasteiger partial charge in [0.25, 0.3) is 0 Å². The summed E-state index contributed by atoms with van der Waals surface area (Å²) in [5, 5.41) is 10.6. The average molecular weight is 218 g/mol. The Labute approximate surface area is 91.0 Å². The molecule has 0 aliphatic rings. The topological polar surface area (TPSA) is 20.2 Å². The number of aliphatic hydroxyl groups is 1. The van der Waals surface area contributed by atoms with E-state index in [1.165, 1.54) is 0 Å². The maximum absolute atomic E-state index is 9.93. The van der Waals surface area contributed by atoms with Crippen LogP contribution in [0.15, 0.2) is 0 Å². The van der Waals surface area contributed by atoms with E-state index in [0.29, 0.717) is 10.3 Å². The third-order valence-corrected chi connectivity index (χ3v) is 6.49. The largest absolute Gasteiger partial charge is 0.390 e. The molecule has 0 fully saturated rings. The van der Waals surface area contributed by atoms with Gasteiger partial charge in [0.1, 0.15) is 0 Å². The van der Waals surface area contributed by atoms with Gasteiger partial charge in [0.05, 0.1) is 5.60 Å². The lowest BCUT2D eigenvalue weighted by Crippen LogP contribution is -2.34. The first-order valence-corrected chi connectivity index (χ1v) is 6.87. The smallest absolute Gasteiger partial charge is 0.0631 e. The van der Waals surface area contributed by atoms with Crippen LogP contribution in [0.25, 0.3) is 0 Å². The van der Waals surface area contributed by atoms with Gasteiger partial charge >= 0.3 is 0 Å². The fraction of sp³-hybridized carbons (Fsp3) is 1.00. The van der Waals surface area contributed by atoms with Gasteiger partial charge in [-0.3, -0.25) is 0 Å². The van der Waals surface area contributed by atoms with Crippen molar-refractivity contribution < 1.29 is 5.11 Å². The summed E-state index contributed by atoms with van der Waals surface area (Å²) in [7, 11) is -0.181. The highest BCUT2D eigenvalue weighted by atomic mass is 31.1. The number of rotatable bonds is 2. The Hall–Kier alpha value is 0.390. The van der Waals surface area contributed by atoms with Gasteiger partial charge in [0.2, 0.25) is 0 Å². The van der Waals surface area contributed by atoms with Crippen molar-refractivity contribution in [3.63, 3.8) is 0 Å². The Morgan fingerprint density at radius 3 is 1.14 bits per heavy atom. The van der Waals surface area contributed by atoms with Crippen LogP contribution >= 0.6 is 7.92 Å². The van der Waals surface area contributed by atoms with E-state index < -0.39 is 5.60 Å². The van der Waals surface area contributed by atoms with Crippen LogP contribution in [0, 0.1) is 0 Å². The van der Waals surface area contributed by atoms with Gasteiger partial charge < -0.3 is 5.11 Å². The van der Waals surface area contributed by atoms with Crippen molar-refractivity contribution in [2.75, 3.05) is 6.16 Å². The summed E-state index contributed by atoms with van der Waals surface area (Å²) in [6.07, 6.45) is 0.926. The SMILES string of the molecule is CC(C)(O)CP(C(C)(C)C)C(C)(C)C. The quantitative estimate of drug-likeness (QED) is 0.698. The van der Waals surface area contributed by atoms with Crippen LogP contribution in [0.3, 0.4) is 0 Å². The van der Waals surface area contributed by atoms with E-state index in [4.69, 9.17) is 0 Å². The van der Waals surface area contributed by atoms with Crippen LogP contribution in [-0.2, 0) is 0 Å². The van der Waals surface area contributed by atoms with Crippen molar-refractivity contribution in [3.05, 3.63) is 0 Å². The first kappa shape index (κ1) is 14.4. The molecule has 86 valence electrons. The average Bonchev–Trinajstić information content (AvgIpc) is 1.75. The molecule has 0 aliphatic carbocycles. The first-order chi connectivity index (χ1) is 5.84. The Balaban J connectivity index is 4.78. The molecule has 0 saturated heterocycles. The minimum atomic E-state index is -0.535. The molecule has 0 aromatic rings. The van der Waals surface area contributed by atoms with E-state index in [1.54, 1.807) is 0 Å². The molecule has 0 bridgehead atoms. The second kappa shape index (κ2) is 4.10. The predicted octanol–water partition coefficient (Wildman–Crippen LogP) is 3.84. The molecule has 0 aromatic heterocycles. The van der Waals surface area contributed by atoms with Crippen LogP contribution < -0.4 is 0 Å². The van der Waals surface area contributed by atoms with Crippen molar-refractivity contribution >= 4 is 7.92 Å². The Morgan fingerprint density at radius 2 is 1.07 bits per heavy atom. The second-order valence-corrected chi connectivity index (χ2v) is 10.6. The summed E-state index contributed by atoms with van der Waals surface area (Å²) in [5.41, 5.74) is -0.535. The fourth-order valence-electron chi connectivity index (χ4n) is 1.87. The minimum absolute atomic E-state index is 0.181. The molecule has 0 aliphatic heterocycles. The Morgan fingerprint density at radius 1 is 0.786 bits per heavy atom. The molecule has 0 amide bonds. The molecule has 0 unspecified atom stereocenters. The maximum Gasteiger partial charge on any atom is 0.0631 e. The van der Waals surface area contributed by atoms with Crippen LogP contribution in [0.1, 0.15) is 55.4 Å². The summed E-state index contributed by atoms with van der Waals surface area (Å²) in [4.78, 5) is 0. The monoisotopic (exact) mass is 218 g/mol. The van der Waals surface area contributed by atoms with E-state index in [1.807, 2.05) is 13.8 Å². The summed E-state index contributed by atoms with van der Waals surface area (Å²) in [6, 6.07) is 0. The highest BCUT2D eigenvalue weighted by Gasteiger charge is 2.37. The highest BCUT2D eigenvalue weighted by Crippen LogP contribution is 2.60. The molecule has 1 N–H and O–H groups in total. The van der Waals surface area contributed by atoms with Crippen molar-refractivity contribution in [1.82, 2.24) is 0 Å². The zero-order valence-corrected chi connectivity index (χ0v) is 12.0. The van der Waals surface area contributed by atoms with Crippen molar-refractivity contribution in [2.45, 2.75) is 71.3 Å². The van der Waals surface area contributed by atoms with Gasteiger partial charge in [-0.05, 0) is 30.3 Å². The van der Waals surface area contributed by atoms with Crippen molar-refractivity contribution in [1.29, 1.82) is 0 Å². The maximum atomic E-state index is 9.93. The minimum Gasteiger partial charge on any atom is -0.390 e. The number of hydrogen-bond donors (Lipinski definition) is 1. The molecule has 1 nitrogen and oxygen atoms in total. The third kappa shape index (κ3) is 5.32. The van der Waals surface area contributed by atoms with E-state index in [-0.39, 0.29) is 7.92 Å².